The molecule has 0 unspecified atom stereocenters. The first-order valence-electron chi connectivity index (χ1n) is 13.0. The summed E-state index contributed by atoms with van der Waals surface area (Å²) < 4.78 is 11.9. The zero-order valence-electron chi connectivity index (χ0n) is 22.2. The van der Waals surface area contributed by atoms with Crippen LogP contribution in [0.5, 0.6) is 11.5 Å². The number of para-hydroxylation sites is 2. The van der Waals surface area contributed by atoms with Gasteiger partial charge in [-0.15, -0.1) is 0 Å². The van der Waals surface area contributed by atoms with Crippen molar-refractivity contribution >= 4 is 46.6 Å². The molecule has 0 N–H and O–H groups in total. The highest BCUT2D eigenvalue weighted by Gasteiger charge is 2.41. The molecule has 0 aromatic heterocycles. The molecule has 7 heteroatoms. The fourth-order valence-corrected chi connectivity index (χ4v) is 4.73. The number of carbonyl (C=O) groups is 2. The van der Waals surface area contributed by atoms with Crippen molar-refractivity contribution in [2.24, 2.45) is 0 Å². The van der Waals surface area contributed by atoms with Crippen LogP contribution < -0.4 is 19.3 Å². The molecule has 1 aliphatic rings. The standard InChI is InChI=1S/C33H28N2O4S/c1-3-38-30-21-25(18-19-29(30)39-22-24-16-14-23(2)15-17-24)20-28-31(36)34(26-10-6-4-7-11-26)33(40)35(32(28)37)27-12-8-5-9-13-27/h4-21H,3,22H2,1-2H3. The monoisotopic (exact) mass is 548 g/mol. The van der Waals surface area contributed by atoms with E-state index in [-0.39, 0.29) is 10.7 Å². The molecule has 1 fully saturated rings. The number of anilines is 2. The van der Waals surface area contributed by atoms with Crippen molar-refractivity contribution in [1.29, 1.82) is 0 Å². The molecule has 0 radical (unpaired) electrons. The second-order valence-electron chi connectivity index (χ2n) is 9.21. The van der Waals surface area contributed by atoms with Crippen LogP contribution in [0.3, 0.4) is 0 Å². The van der Waals surface area contributed by atoms with Crippen LogP contribution in [-0.4, -0.2) is 23.5 Å². The molecule has 6 nitrogen and oxygen atoms in total. The molecule has 0 spiro atoms. The first kappa shape index (κ1) is 26.8. The van der Waals surface area contributed by atoms with Gasteiger partial charge < -0.3 is 9.47 Å². The number of thiocarbonyl (C=S) groups is 1. The maximum atomic E-state index is 13.8. The largest absolute Gasteiger partial charge is 0.490 e. The van der Waals surface area contributed by atoms with Gasteiger partial charge in [0, 0.05) is 0 Å². The summed E-state index contributed by atoms with van der Waals surface area (Å²) in [5.41, 5.74) is 3.98. The van der Waals surface area contributed by atoms with Crippen molar-refractivity contribution in [3.8, 4) is 11.5 Å². The van der Waals surface area contributed by atoms with E-state index in [1.807, 2.05) is 74.5 Å². The minimum absolute atomic E-state index is 0.0166. The van der Waals surface area contributed by atoms with Crippen LogP contribution in [0.2, 0.25) is 0 Å². The highest BCUT2D eigenvalue weighted by molar-refractivity contribution is 7.81. The van der Waals surface area contributed by atoms with Gasteiger partial charge in [-0.25, -0.2) is 0 Å². The normalized spacial score (nSPS) is 13.4. The SMILES string of the molecule is CCOc1cc(C=C2C(=O)N(c3ccccc3)C(=S)N(c3ccccc3)C2=O)ccc1OCc1ccc(C)cc1. The predicted octanol–water partition coefficient (Wildman–Crippen LogP) is 6.72. The van der Waals surface area contributed by atoms with Crippen molar-refractivity contribution in [3.05, 3.63) is 125 Å². The van der Waals surface area contributed by atoms with Gasteiger partial charge in [-0.1, -0.05) is 72.3 Å². The summed E-state index contributed by atoms with van der Waals surface area (Å²) in [5.74, 6) is 0.107. The zero-order chi connectivity index (χ0) is 28.1. The van der Waals surface area contributed by atoms with E-state index in [9.17, 15) is 9.59 Å². The lowest BCUT2D eigenvalue weighted by Gasteiger charge is -2.36. The van der Waals surface area contributed by atoms with E-state index in [1.54, 1.807) is 48.5 Å². The second kappa shape index (κ2) is 12.0. The average Bonchev–Trinajstić information content (AvgIpc) is 2.97. The summed E-state index contributed by atoms with van der Waals surface area (Å²) in [6.45, 7) is 4.74. The Balaban J connectivity index is 1.51. The predicted molar refractivity (Wildman–Crippen MR) is 162 cm³/mol. The molecule has 1 saturated heterocycles. The van der Waals surface area contributed by atoms with E-state index in [0.29, 0.717) is 41.7 Å². The smallest absolute Gasteiger partial charge is 0.270 e. The van der Waals surface area contributed by atoms with Crippen LogP contribution in [0.1, 0.15) is 23.6 Å². The Hall–Kier alpha value is -4.75. The molecule has 200 valence electrons. The minimum Gasteiger partial charge on any atom is -0.490 e. The molecule has 1 aliphatic heterocycles. The number of aryl methyl sites for hydroxylation is 1. The summed E-state index contributed by atoms with van der Waals surface area (Å²) in [6.07, 6.45) is 1.57. The number of ether oxygens (including phenoxy) is 2. The first-order chi connectivity index (χ1) is 19.5. The second-order valence-corrected chi connectivity index (χ2v) is 9.57. The van der Waals surface area contributed by atoms with Gasteiger partial charge >= 0.3 is 0 Å². The fourth-order valence-electron chi connectivity index (χ4n) is 4.35. The summed E-state index contributed by atoms with van der Waals surface area (Å²) in [7, 11) is 0. The van der Waals surface area contributed by atoms with Crippen molar-refractivity contribution in [1.82, 2.24) is 0 Å². The third-order valence-electron chi connectivity index (χ3n) is 6.37. The van der Waals surface area contributed by atoms with Crippen LogP contribution >= 0.6 is 12.2 Å². The van der Waals surface area contributed by atoms with Crippen LogP contribution in [0, 0.1) is 6.92 Å². The zero-order valence-corrected chi connectivity index (χ0v) is 23.1. The molecule has 1 heterocycles. The van der Waals surface area contributed by atoms with Crippen LogP contribution in [-0.2, 0) is 16.2 Å². The van der Waals surface area contributed by atoms with Crippen LogP contribution in [0.4, 0.5) is 11.4 Å². The number of amides is 2. The van der Waals surface area contributed by atoms with Gasteiger partial charge in [-0.3, -0.25) is 19.4 Å². The van der Waals surface area contributed by atoms with Crippen molar-refractivity contribution in [2.45, 2.75) is 20.5 Å². The highest BCUT2D eigenvalue weighted by Crippen LogP contribution is 2.33. The van der Waals surface area contributed by atoms with Gasteiger partial charge in [-0.05, 0) is 79.7 Å². The van der Waals surface area contributed by atoms with E-state index in [0.717, 1.165) is 5.56 Å². The average molecular weight is 549 g/mol. The first-order valence-corrected chi connectivity index (χ1v) is 13.4. The third-order valence-corrected chi connectivity index (χ3v) is 6.74. The van der Waals surface area contributed by atoms with Gasteiger partial charge in [0.15, 0.2) is 16.6 Å². The maximum Gasteiger partial charge on any atom is 0.270 e. The number of hydrogen-bond donors (Lipinski definition) is 0. The Bertz CT molecular complexity index is 1500. The summed E-state index contributed by atoms with van der Waals surface area (Å²) in [4.78, 5) is 30.3. The van der Waals surface area contributed by atoms with Crippen LogP contribution in [0.25, 0.3) is 6.08 Å². The number of rotatable bonds is 8. The van der Waals surface area contributed by atoms with E-state index >= 15 is 0 Å². The van der Waals surface area contributed by atoms with E-state index < -0.39 is 11.8 Å². The number of hydrogen-bond acceptors (Lipinski definition) is 5. The molecule has 4 aromatic carbocycles. The Kier molecular flexibility index (Phi) is 8.03. The van der Waals surface area contributed by atoms with Gasteiger partial charge in [0.05, 0.1) is 18.0 Å². The lowest BCUT2D eigenvalue weighted by atomic mass is 10.0. The topological polar surface area (TPSA) is 59.1 Å². The van der Waals surface area contributed by atoms with Gasteiger partial charge in [0.25, 0.3) is 11.8 Å². The Morgan fingerprint density at radius 2 is 1.30 bits per heavy atom. The summed E-state index contributed by atoms with van der Waals surface area (Å²) in [5, 5.41) is 0.0967. The van der Waals surface area contributed by atoms with Crippen molar-refractivity contribution < 1.29 is 19.1 Å². The molecular formula is C33H28N2O4S. The maximum absolute atomic E-state index is 13.8. The molecule has 0 atom stereocenters. The molecule has 0 aliphatic carbocycles. The quantitative estimate of drug-likeness (QED) is 0.139. The van der Waals surface area contributed by atoms with Crippen LogP contribution in [0.15, 0.2) is 109 Å². The summed E-state index contributed by atoms with van der Waals surface area (Å²) in [6, 6.07) is 31.6. The Morgan fingerprint density at radius 3 is 1.85 bits per heavy atom. The van der Waals surface area contributed by atoms with Gasteiger partial charge in [-0.2, -0.15) is 0 Å². The molecule has 0 saturated carbocycles. The third kappa shape index (κ3) is 5.65. The Labute approximate surface area is 239 Å². The molecule has 0 bridgehead atoms. The molecule has 4 aromatic rings. The highest BCUT2D eigenvalue weighted by atomic mass is 32.1. The summed E-state index contributed by atoms with van der Waals surface area (Å²) >= 11 is 5.68. The fraction of sp³-hybridized carbons (Fsp3) is 0.121. The number of carbonyl (C=O) groups excluding carboxylic acids is 2. The molecular weight excluding hydrogens is 520 g/mol. The lowest BCUT2D eigenvalue weighted by Crippen LogP contribution is -2.56. The van der Waals surface area contributed by atoms with E-state index in [2.05, 4.69) is 0 Å². The number of benzene rings is 4. The van der Waals surface area contributed by atoms with Gasteiger partial charge in [0.1, 0.15) is 12.2 Å². The lowest BCUT2D eigenvalue weighted by molar-refractivity contribution is -0.120. The molecule has 2 amide bonds. The minimum atomic E-state index is -0.494. The van der Waals surface area contributed by atoms with Gasteiger partial charge in [0.2, 0.25) is 0 Å². The molecule has 5 rings (SSSR count). The number of nitrogens with zero attached hydrogens (tertiary/aromatic N) is 2. The van der Waals surface area contributed by atoms with Crippen molar-refractivity contribution in [3.63, 3.8) is 0 Å². The molecule has 40 heavy (non-hydrogen) atoms. The Morgan fingerprint density at radius 1 is 0.725 bits per heavy atom. The van der Waals surface area contributed by atoms with E-state index in [1.165, 1.54) is 15.4 Å². The van der Waals surface area contributed by atoms with E-state index in [4.69, 9.17) is 21.7 Å². The van der Waals surface area contributed by atoms with Crippen molar-refractivity contribution in [2.75, 3.05) is 16.4 Å².